The number of nitrogens with zero attached hydrogens (tertiary/aromatic N) is 2. The monoisotopic (exact) mass is 512 g/mol. The second kappa shape index (κ2) is 10.3. The molecule has 0 saturated carbocycles. The highest BCUT2D eigenvalue weighted by Crippen LogP contribution is 2.50. The standard InChI is InChI=1S/C30H28N2O6/c1-19-26(28(33)34)30(27(29(35)36)20(2)31(19)3,24-12-8-13-25(18-24)32(37)38)16-7-6-9-21-14-15-22-10-4-5-11-23(22)17-21/h4-6,8-15,17-18H,7,16H2,1-3H3,(H,33,34)(H,35,36). The number of aliphatic carboxylic acids is 2. The molecule has 0 unspecified atom stereocenters. The number of nitro groups is 1. The zero-order valence-corrected chi connectivity index (χ0v) is 21.3. The molecule has 0 aliphatic carbocycles. The first-order valence-corrected chi connectivity index (χ1v) is 12.1. The molecule has 3 aromatic rings. The summed E-state index contributed by atoms with van der Waals surface area (Å²) in [5.41, 5.74) is -0.102. The van der Waals surface area contributed by atoms with Gasteiger partial charge in [-0.15, -0.1) is 0 Å². The molecule has 1 aliphatic heterocycles. The zero-order chi connectivity index (χ0) is 27.6. The Bertz CT molecular complexity index is 1510. The molecule has 1 aliphatic rings. The summed E-state index contributed by atoms with van der Waals surface area (Å²) in [4.78, 5) is 38.0. The van der Waals surface area contributed by atoms with Gasteiger partial charge in [0.15, 0.2) is 0 Å². The molecule has 0 aromatic heterocycles. The molecule has 0 amide bonds. The second-order valence-electron chi connectivity index (χ2n) is 9.35. The fraction of sp³-hybridized carbons (Fsp3) is 0.200. The molecule has 0 fully saturated rings. The van der Waals surface area contributed by atoms with E-state index in [1.54, 1.807) is 31.9 Å². The quantitative estimate of drug-likeness (QED) is 0.275. The summed E-state index contributed by atoms with van der Waals surface area (Å²) in [6.45, 7) is 3.26. The van der Waals surface area contributed by atoms with Crippen LogP contribution in [0.5, 0.6) is 0 Å². The van der Waals surface area contributed by atoms with Gasteiger partial charge in [0.2, 0.25) is 0 Å². The van der Waals surface area contributed by atoms with Crippen molar-refractivity contribution in [1.29, 1.82) is 0 Å². The van der Waals surface area contributed by atoms with Crippen LogP contribution in [0.1, 0.15) is 37.8 Å². The number of hydrogen-bond acceptors (Lipinski definition) is 5. The Morgan fingerprint density at radius 2 is 1.55 bits per heavy atom. The smallest absolute Gasteiger partial charge is 0.334 e. The summed E-state index contributed by atoms with van der Waals surface area (Å²) in [5, 5.41) is 34.5. The normalized spacial score (nSPS) is 15.4. The van der Waals surface area contributed by atoms with Crippen LogP contribution >= 0.6 is 0 Å². The topological polar surface area (TPSA) is 121 Å². The summed E-state index contributed by atoms with van der Waals surface area (Å²) in [5.74, 6) is -2.55. The number of benzene rings is 3. The Labute approximate surface area is 220 Å². The third-order valence-electron chi connectivity index (χ3n) is 7.33. The number of hydrogen-bond donors (Lipinski definition) is 2. The lowest BCUT2D eigenvalue weighted by Crippen LogP contribution is -2.45. The van der Waals surface area contributed by atoms with E-state index in [0.717, 1.165) is 16.3 Å². The van der Waals surface area contributed by atoms with E-state index in [2.05, 4.69) is 0 Å². The minimum Gasteiger partial charge on any atom is -0.478 e. The maximum Gasteiger partial charge on any atom is 0.334 e. The van der Waals surface area contributed by atoms with Crippen LogP contribution in [0.2, 0.25) is 0 Å². The van der Waals surface area contributed by atoms with E-state index in [1.807, 2.05) is 54.6 Å². The predicted molar refractivity (Wildman–Crippen MR) is 145 cm³/mol. The number of carboxylic acid groups (broad SMARTS) is 2. The minimum absolute atomic E-state index is 0.0873. The highest BCUT2D eigenvalue weighted by atomic mass is 16.6. The fourth-order valence-corrected chi connectivity index (χ4v) is 5.40. The molecule has 8 nitrogen and oxygen atoms in total. The molecule has 4 rings (SSSR count). The van der Waals surface area contributed by atoms with Crippen molar-refractivity contribution in [2.45, 2.75) is 32.1 Å². The minimum atomic E-state index is -1.61. The number of allylic oxidation sites excluding steroid dienone is 3. The zero-order valence-electron chi connectivity index (χ0n) is 21.3. The van der Waals surface area contributed by atoms with Gasteiger partial charge >= 0.3 is 11.9 Å². The molecule has 2 N–H and O–H groups in total. The van der Waals surface area contributed by atoms with Crippen molar-refractivity contribution in [2.24, 2.45) is 0 Å². The van der Waals surface area contributed by atoms with Gasteiger partial charge in [-0.2, -0.15) is 0 Å². The van der Waals surface area contributed by atoms with Crippen molar-refractivity contribution < 1.29 is 24.7 Å². The van der Waals surface area contributed by atoms with Crippen molar-refractivity contribution in [2.75, 3.05) is 7.05 Å². The van der Waals surface area contributed by atoms with Gasteiger partial charge in [-0.05, 0) is 54.7 Å². The first-order chi connectivity index (χ1) is 18.1. The van der Waals surface area contributed by atoms with E-state index in [0.29, 0.717) is 17.8 Å². The molecule has 38 heavy (non-hydrogen) atoms. The second-order valence-corrected chi connectivity index (χ2v) is 9.35. The van der Waals surface area contributed by atoms with Gasteiger partial charge in [-0.3, -0.25) is 10.1 Å². The average molecular weight is 513 g/mol. The summed E-state index contributed by atoms with van der Waals surface area (Å²) in [6.07, 6.45) is 4.21. The van der Waals surface area contributed by atoms with Crippen molar-refractivity contribution in [1.82, 2.24) is 4.90 Å². The number of non-ortho nitro benzene ring substituents is 1. The molecule has 8 heteroatoms. The predicted octanol–water partition coefficient (Wildman–Crippen LogP) is 6.14. The van der Waals surface area contributed by atoms with E-state index in [4.69, 9.17) is 0 Å². The van der Waals surface area contributed by atoms with E-state index in [-0.39, 0.29) is 28.8 Å². The van der Waals surface area contributed by atoms with Gasteiger partial charge in [0.05, 0.1) is 21.5 Å². The van der Waals surface area contributed by atoms with Crippen LogP contribution in [0.4, 0.5) is 5.69 Å². The van der Waals surface area contributed by atoms with Crippen molar-refractivity contribution >= 4 is 34.5 Å². The number of rotatable bonds is 8. The molecule has 0 bridgehead atoms. The van der Waals surface area contributed by atoms with Crippen LogP contribution in [0, 0.1) is 10.1 Å². The van der Waals surface area contributed by atoms with E-state index < -0.39 is 22.3 Å². The van der Waals surface area contributed by atoms with Crippen LogP contribution in [0.15, 0.2) is 95.3 Å². The average Bonchev–Trinajstić information content (AvgIpc) is 2.89. The number of carboxylic acids is 2. The Morgan fingerprint density at radius 3 is 2.16 bits per heavy atom. The first-order valence-electron chi connectivity index (χ1n) is 12.1. The largest absolute Gasteiger partial charge is 0.478 e. The van der Waals surface area contributed by atoms with Gasteiger partial charge in [0.1, 0.15) is 0 Å². The molecule has 0 spiro atoms. The maximum absolute atomic E-state index is 12.7. The van der Waals surface area contributed by atoms with Crippen LogP contribution in [-0.2, 0) is 15.0 Å². The summed E-state index contributed by atoms with van der Waals surface area (Å²) >= 11 is 0. The number of nitro benzene ring substituents is 1. The Kier molecular flexibility index (Phi) is 7.17. The van der Waals surface area contributed by atoms with Gasteiger partial charge in [-0.1, -0.05) is 60.7 Å². The molecule has 1 heterocycles. The Balaban J connectivity index is 1.85. The molecule has 0 atom stereocenters. The third-order valence-corrected chi connectivity index (χ3v) is 7.33. The van der Waals surface area contributed by atoms with E-state index in [1.165, 1.54) is 18.2 Å². The van der Waals surface area contributed by atoms with Gasteiger partial charge in [-0.25, -0.2) is 9.59 Å². The van der Waals surface area contributed by atoms with Gasteiger partial charge in [0, 0.05) is 30.6 Å². The van der Waals surface area contributed by atoms with Crippen molar-refractivity contribution in [3.8, 4) is 0 Å². The molecular formula is C30H28N2O6. The lowest BCUT2D eigenvalue weighted by Gasteiger charge is -2.43. The SMILES string of the molecule is CC1=C(C(=O)O)C(CCC=Cc2ccc3ccccc3c2)(c2cccc([N+](=O)[O-])c2)C(C(=O)O)=C(C)N1C. The number of fused-ring (bicyclic) bond motifs is 1. The Morgan fingerprint density at radius 1 is 0.921 bits per heavy atom. The summed E-state index contributed by atoms with van der Waals surface area (Å²) < 4.78 is 0. The highest BCUT2D eigenvalue weighted by molar-refractivity contribution is 6.00. The van der Waals surface area contributed by atoms with E-state index >= 15 is 0 Å². The maximum atomic E-state index is 12.7. The van der Waals surface area contributed by atoms with Gasteiger partial charge < -0.3 is 15.1 Å². The lowest BCUT2D eigenvalue weighted by atomic mass is 9.63. The van der Waals surface area contributed by atoms with Crippen LogP contribution in [0.25, 0.3) is 16.8 Å². The van der Waals surface area contributed by atoms with E-state index in [9.17, 15) is 29.9 Å². The van der Waals surface area contributed by atoms with Crippen molar-refractivity contribution in [3.63, 3.8) is 0 Å². The van der Waals surface area contributed by atoms with Crippen LogP contribution in [0.3, 0.4) is 0 Å². The summed E-state index contributed by atoms with van der Waals surface area (Å²) in [6, 6.07) is 19.6. The molecule has 3 aromatic carbocycles. The number of carbonyl (C=O) groups is 2. The van der Waals surface area contributed by atoms with Gasteiger partial charge in [0.25, 0.3) is 5.69 Å². The summed E-state index contributed by atoms with van der Waals surface area (Å²) in [7, 11) is 1.62. The highest BCUT2D eigenvalue weighted by Gasteiger charge is 2.51. The molecule has 194 valence electrons. The van der Waals surface area contributed by atoms with Crippen LogP contribution in [-0.4, -0.2) is 39.0 Å². The molecular weight excluding hydrogens is 484 g/mol. The molecule has 0 saturated heterocycles. The first kappa shape index (κ1) is 26.3. The fourth-order valence-electron chi connectivity index (χ4n) is 5.40. The third kappa shape index (κ3) is 4.56. The molecule has 0 radical (unpaired) electrons. The Hall–Kier alpha value is -4.72. The lowest BCUT2D eigenvalue weighted by molar-refractivity contribution is -0.385. The van der Waals surface area contributed by atoms with Crippen molar-refractivity contribution in [3.05, 3.63) is 117 Å². The van der Waals surface area contributed by atoms with Crippen LogP contribution < -0.4 is 0 Å².